The number of aldehydes is 1. The number of carbonyl (C=O) groups excluding carboxylic acids is 3. The molecule has 0 radical (unpaired) electrons. The lowest BCUT2D eigenvalue weighted by Crippen LogP contribution is -2.52. The first-order valence-electron chi connectivity index (χ1n) is 13.6. The molecule has 0 amide bonds. The summed E-state index contributed by atoms with van der Waals surface area (Å²) in [5.41, 5.74) is 2.71. The standard InChI is InChI=1S/C30H39NO4/c1-19(33)26-9-10-28-25-8-6-22-17-24(34)11-14-29(22,2)27(25)12-15-30(26,28)13-3-4-20-5-7-23(31-35)16-21(20)18-32/h5,7,16-18,20,25-28,35H,3-4,6,8-15H2,1-2H3/b31-23+/t20?,25-,26-,27-,28+,29-,30-/m1/s1. The van der Waals surface area contributed by atoms with Crippen molar-refractivity contribution in [3.63, 3.8) is 0 Å². The van der Waals surface area contributed by atoms with E-state index in [2.05, 4.69) is 12.1 Å². The minimum Gasteiger partial charge on any atom is -0.410 e. The van der Waals surface area contributed by atoms with Crippen LogP contribution >= 0.6 is 0 Å². The van der Waals surface area contributed by atoms with Crippen LogP contribution in [0.5, 0.6) is 0 Å². The molecule has 0 spiro atoms. The van der Waals surface area contributed by atoms with E-state index in [1.807, 2.05) is 12.2 Å². The molecule has 3 fully saturated rings. The van der Waals surface area contributed by atoms with Crippen LogP contribution in [0.4, 0.5) is 0 Å². The number of fused-ring (bicyclic) bond motifs is 5. The van der Waals surface area contributed by atoms with Gasteiger partial charge in [-0.25, -0.2) is 0 Å². The van der Waals surface area contributed by atoms with Crippen molar-refractivity contribution in [1.82, 2.24) is 0 Å². The molecule has 7 atom stereocenters. The van der Waals surface area contributed by atoms with Gasteiger partial charge in [0.15, 0.2) is 5.78 Å². The highest BCUT2D eigenvalue weighted by atomic mass is 16.4. The molecule has 1 unspecified atom stereocenters. The molecule has 5 nitrogen and oxygen atoms in total. The number of Topliss-reactive ketones (excluding diaryl/α,β-unsaturated/α-hetero) is 1. The van der Waals surface area contributed by atoms with Gasteiger partial charge in [0, 0.05) is 23.8 Å². The van der Waals surface area contributed by atoms with Gasteiger partial charge in [0.1, 0.15) is 17.8 Å². The zero-order valence-electron chi connectivity index (χ0n) is 21.2. The van der Waals surface area contributed by atoms with E-state index < -0.39 is 0 Å². The number of oxime groups is 1. The topological polar surface area (TPSA) is 83.8 Å². The molecule has 188 valence electrons. The first kappa shape index (κ1) is 24.4. The number of hydrogen-bond donors (Lipinski definition) is 1. The molecule has 1 N–H and O–H groups in total. The van der Waals surface area contributed by atoms with Gasteiger partial charge in [0.05, 0.1) is 0 Å². The highest BCUT2D eigenvalue weighted by molar-refractivity contribution is 6.07. The Morgan fingerprint density at radius 2 is 1.97 bits per heavy atom. The fraction of sp³-hybridized carbons (Fsp3) is 0.667. The maximum Gasteiger partial charge on any atom is 0.155 e. The second kappa shape index (κ2) is 9.29. The Balaban J connectivity index is 1.36. The van der Waals surface area contributed by atoms with Crippen LogP contribution in [0.1, 0.15) is 84.5 Å². The van der Waals surface area contributed by atoms with Gasteiger partial charge in [-0.2, -0.15) is 0 Å². The molecule has 0 aliphatic heterocycles. The third-order valence-corrected chi connectivity index (χ3v) is 10.8. The van der Waals surface area contributed by atoms with Crippen LogP contribution in [0.2, 0.25) is 0 Å². The number of hydrogen-bond acceptors (Lipinski definition) is 5. The van der Waals surface area contributed by atoms with Crippen molar-refractivity contribution in [3.05, 3.63) is 35.5 Å². The lowest BCUT2D eigenvalue weighted by molar-refractivity contribution is -0.130. The summed E-state index contributed by atoms with van der Waals surface area (Å²) in [6.07, 6.45) is 19.5. The van der Waals surface area contributed by atoms with Crippen molar-refractivity contribution >= 4 is 23.6 Å². The molecular weight excluding hydrogens is 438 g/mol. The van der Waals surface area contributed by atoms with Crippen molar-refractivity contribution < 1.29 is 19.6 Å². The fourth-order valence-corrected chi connectivity index (χ4v) is 9.21. The van der Waals surface area contributed by atoms with Gasteiger partial charge in [-0.15, -0.1) is 0 Å². The first-order valence-corrected chi connectivity index (χ1v) is 13.6. The predicted molar refractivity (Wildman–Crippen MR) is 135 cm³/mol. The Morgan fingerprint density at radius 3 is 2.71 bits per heavy atom. The average molecular weight is 478 g/mol. The maximum absolute atomic E-state index is 12.9. The van der Waals surface area contributed by atoms with Gasteiger partial charge in [-0.1, -0.05) is 30.1 Å². The number of allylic oxidation sites excluding steroid dienone is 5. The van der Waals surface area contributed by atoms with Crippen LogP contribution in [0, 0.1) is 40.4 Å². The number of rotatable bonds is 6. The monoisotopic (exact) mass is 477 g/mol. The lowest BCUT2D eigenvalue weighted by Gasteiger charge is -2.59. The normalized spacial score (nSPS) is 41.5. The van der Waals surface area contributed by atoms with E-state index in [1.54, 1.807) is 19.1 Å². The van der Waals surface area contributed by atoms with E-state index in [-0.39, 0.29) is 22.7 Å². The summed E-state index contributed by atoms with van der Waals surface area (Å²) in [5.74, 6) is 2.71. The van der Waals surface area contributed by atoms with Crippen LogP contribution in [0.15, 0.2) is 40.6 Å². The summed E-state index contributed by atoms with van der Waals surface area (Å²) < 4.78 is 0. The average Bonchev–Trinajstić information content (AvgIpc) is 3.24. The first-order chi connectivity index (χ1) is 16.8. The molecule has 0 saturated heterocycles. The van der Waals surface area contributed by atoms with E-state index in [4.69, 9.17) is 5.21 Å². The Labute approximate surface area is 208 Å². The summed E-state index contributed by atoms with van der Waals surface area (Å²) in [6, 6.07) is 0. The quantitative estimate of drug-likeness (QED) is 0.288. The molecule has 5 rings (SSSR count). The molecule has 0 aromatic heterocycles. The number of nitrogens with zero attached hydrogens (tertiary/aromatic N) is 1. The van der Waals surface area contributed by atoms with E-state index in [1.165, 1.54) is 5.57 Å². The zero-order valence-corrected chi connectivity index (χ0v) is 21.2. The van der Waals surface area contributed by atoms with Gasteiger partial charge in [0.2, 0.25) is 0 Å². The molecule has 0 aromatic carbocycles. The van der Waals surface area contributed by atoms with Crippen molar-refractivity contribution in [3.8, 4) is 0 Å². The molecule has 35 heavy (non-hydrogen) atoms. The molecule has 5 heteroatoms. The highest BCUT2D eigenvalue weighted by Crippen LogP contribution is 2.68. The molecule has 5 aliphatic rings. The molecular formula is C30H39NO4. The SMILES string of the molecule is CC(=O)[C@H]1CC[C@H]2[C@@H]3CCC4=CC(=O)CC[C@@]4(C)[C@@H]3CC[C@]12CCCC1C=C/C(=N\O)C=C1C=O. The minimum absolute atomic E-state index is 0.0439. The molecule has 0 bridgehead atoms. The Hall–Kier alpha value is -2.30. The van der Waals surface area contributed by atoms with Crippen LogP contribution in [-0.2, 0) is 14.4 Å². The summed E-state index contributed by atoms with van der Waals surface area (Å²) in [4.78, 5) is 36.6. The zero-order chi connectivity index (χ0) is 24.8. The Kier molecular flexibility index (Phi) is 6.48. The van der Waals surface area contributed by atoms with Crippen molar-refractivity contribution in [2.75, 3.05) is 0 Å². The van der Waals surface area contributed by atoms with E-state index in [0.29, 0.717) is 47.0 Å². The van der Waals surface area contributed by atoms with Gasteiger partial charge in [0.25, 0.3) is 0 Å². The number of ketones is 2. The van der Waals surface area contributed by atoms with Gasteiger partial charge in [-0.05, 0) is 112 Å². The molecule has 5 aliphatic carbocycles. The maximum atomic E-state index is 12.9. The van der Waals surface area contributed by atoms with Crippen molar-refractivity contribution in [2.24, 2.45) is 45.6 Å². The van der Waals surface area contributed by atoms with Crippen molar-refractivity contribution in [1.29, 1.82) is 0 Å². The van der Waals surface area contributed by atoms with E-state index >= 15 is 0 Å². The minimum atomic E-state index is 0.0439. The Bertz CT molecular complexity index is 1030. The van der Waals surface area contributed by atoms with Crippen LogP contribution in [0.3, 0.4) is 0 Å². The molecule has 0 aromatic rings. The molecule has 0 heterocycles. The van der Waals surface area contributed by atoms with Crippen molar-refractivity contribution in [2.45, 2.75) is 84.5 Å². The summed E-state index contributed by atoms with van der Waals surface area (Å²) in [5, 5.41) is 12.3. The van der Waals surface area contributed by atoms with Gasteiger partial charge in [-0.3, -0.25) is 14.4 Å². The smallest absolute Gasteiger partial charge is 0.155 e. The van der Waals surface area contributed by atoms with Crippen LogP contribution in [-0.4, -0.2) is 28.8 Å². The largest absolute Gasteiger partial charge is 0.410 e. The molecule has 3 saturated carbocycles. The highest BCUT2D eigenvalue weighted by Gasteiger charge is 2.61. The fourth-order valence-electron chi connectivity index (χ4n) is 9.21. The van der Waals surface area contributed by atoms with Crippen LogP contribution in [0.25, 0.3) is 0 Å². The second-order valence-corrected chi connectivity index (χ2v) is 12.1. The van der Waals surface area contributed by atoms with E-state index in [9.17, 15) is 14.4 Å². The van der Waals surface area contributed by atoms with E-state index in [0.717, 1.165) is 70.5 Å². The van der Waals surface area contributed by atoms with Gasteiger partial charge >= 0.3 is 0 Å². The van der Waals surface area contributed by atoms with Gasteiger partial charge < -0.3 is 5.21 Å². The summed E-state index contributed by atoms with van der Waals surface area (Å²) in [6.45, 7) is 4.21. The number of carbonyl (C=O) groups is 3. The Morgan fingerprint density at radius 1 is 1.14 bits per heavy atom. The lowest BCUT2D eigenvalue weighted by atomic mass is 9.45. The second-order valence-electron chi connectivity index (χ2n) is 12.1. The summed E-state index contributed by atoms with van der Waals surface area (Å²) >= 11 is 0. The van der Waals surface area contributed by atoms with Crippen LogP contribution < -0.4 is 0 Å². The summed E-state index contributed by atoms with van der Waals surface area (Å²) in [7, 11) is 0. The predicted octanol–water partition coefficient (Wildman–Crippen LogP) is 6.02. The third-order valence-electron chi connectivity index (χ3n) is 10.8. The third kappa shape index (κ3) is 3.99.